The molecule has 0 atom stereocenters. The first-order valence-corrected chi connectivity index (χ1v) is 7.06. The second-order valence-electron chi connectivity index (χ2n) is 3.86. The van der Waals surface area contributed by atoms with Crippen molar-refractivity contribution in [2.45, 2.75) is 18.0 Å². The van der Waals surface area contributed by atoms with Crippen LogP contribution in [0.25, 0.3) is 0 Å². The number of hydrogen-bond acceptors (Lipinski definition) is 3. The van der Waals surface area contributed by atoms with Gasteiger partial charge in [0, 0.05) is 13.1 Å². The van der Waals surface area contributed by atoms with E-state index in [0.29, 0.717) is 6.07 Å². The van der Waals surface area contributed by atoms with Gasteiger partial charge in [-0.05, 0) is 18.2 Å². The molecule has 4 nitrogen and oxygen atoms in total. The molecule has 0 fully saturated rings. The summed E-state index contributed by atoms with van der Waals surface area (Å²) in [6, 6.07) is 1.48. The number of alkyl halides is 3. The molecule has 0 aliphatic heterocycles. The van der Waals surface area contributed by atoms with E-state index in [-0.39, 0.29) is 19.2 Å². The number of sulfonamides is 1. The van der Waals surface area contributed by atoms with Crippen LogP contribution < -0.4 is 0 Å². The summed E-state index contributed by atoms with van der Waals surface area (Å²) in [4.78, 5) is -0.665. The van der Waals surface area contributed by atoms with Gasteiger partial charge in [-0.3, -0.25) is 0 Å². The lowest BCUT2D eigenvalue weighted by Crippen LogP contribution is -2.33. The van der Waals surface area contributed by atoms with Gasteiger partial charge in [0.25, 0.3) is 0 Å². The number of benzene rings is 1. The third-order valence-corrected chi connectivity index (χ3v) is 4.55. The molecule has 1 aromatic carbocycles. The van der Waals surface area contributed by atoms with E-state index in [9.17, 15) is 26.0 Å². The molecule has 0 heterocycles. The molecule has 0 bridgehead atoms. The van der Waals surface area contributed by atoms with Gasteiger partial charge in [-0.15, -0.1) is 0 Å². The molecule has 9 heteroatoms. The first-order valence-electron chi connectivity index (χ1n) is 5.62. The normalized spacial score (nSPS) is 12.9. The Labute approximate surface area is 113 Å². The minimum absolute atomic E-state index is 0.0262. The summed E-state index contributed by atoms with van der Waals surface area (Å²) in [5, 5.41) is 8.76. The molecule has 0 unspecified atom stereocenters. The minimum atomic E-state index is -4.98. The molecule has 0 aromatic heterocycles. The van der Waals surface area contributed by atoms with Gasteiger partial charge < -0.3 is 5.11 Å². The molecule has 0 amide bonds. The molecule has 20 heavy (non-hydrogen) atoms. The van der Waals surface area contributed by atoms with Crippen LogP contribution in [0.5, 0.6) is 0 Å². The molecule has 1 aromatic rings. The van der Waals surface area contributed by atoms with Gasteiger partial charge in [-0.25, -0.2) is 12.8 Å². The van der Waals surface area contributed by atoms with Crippen molar-refractivity contribution >= 4 is 10.0 Å². The Balaban J connectivity index is 3.33. The lowest BCUT2D eigenvalue weighted by molar-refractivity contribution is -0.140. The average Bonchev–Trinajstić information content (AvgIpc) is 2.34. The fourth-order valence-corrected chi connectivity index (χ4v) is 3.06. The van der Waals surface area contributed by atoms with Crippen LogP contribution in [0.2, 0.25) is 0 Å². The third-order valence-electron chi connectivity index (χ3n) is 2.58. The van der Waals surface area contributed by atoms with E-state index in [1.165, 1.54) is 6.92 Å². The Bertz CT molecular complexity index is 572. The molecular formula is C11H13F4NO3S. The molecule has 114 valence electrons. The maximum Gasteiger partial charge on any atom is 0.419 e. The number of aliphatic hydroxyl groups excluding tert-OH is 1. The van der Waals surface area contributed by atoms with Crippen molar-refractivity contribution in [1.82, 2.24) is 4.31 Å². The topological polar surface area (TPSA) is 57.6 Å². The predicted octanol–water partition coefficient (Wildman–Crippen LogP) is 1.85. The van der Waals surface area contributed by atoms with Crippen LogP contribution in [0.3, 0.4) is 0 Å². The number of halogens is 4. The maximum atomic E-state index is 13.1. The van der Waals surface area contributed by atoms with Crippen LogP contribution in [0.1, 0.15) is 12.5 Å². The van der Waals surface area contributed by atoms with E-state index in [2.05, 4.69) is 0 Å². The zero-order valence-corrected chi connectivity index (χ0v) is 11.3. The van der Waals surface area contributed by atoms with Gasteiger partial charge in [0.15, 0.2) is 0 Å². The summed E-state index contributed by atoms with van der Waals surface area (Å²) >= 11 is 0. The monoisotopic (exact) mass is 315 g/mol. The van der Waals surface area contributed by atoms with Crippen molar-refractivity contribution in [1.29, 1.82) is 0 Å². The molecule has 0 spiro atoms. The molecule has 0 saturated heterocycles. The van der Waals surface area contributed by atoms with Crippen molar-refractivity contribution in [3.63, 3.8) is 0 Å². The summed E-state index contributed by atoms with van der Waals surface area (Å²) in [5.74, 6) is -1.54. The minimum Gasteiger partial charge on any atom is -0.395 e. The highest BCUT2D eigenvalue weighted by Gasteiger charge is 2.36. The second kappa shape index (κ2) is 6.06. The summed E-state index contributed by atoms with van der Waals surface area (Å²) in [6.45, 7) is 0.723. The first-order chi connectivity index (χ1) is 9.14. The van der Waals surface area contributed by atoms with E-state index in [1.807, 2.05) is 0 Å². The van der Waals surface area contributed by atoms with Crippen molar-refractivity contribution in [2.24, 2.45) is 0 Å². The molecule has 0 saturated carbocycles. The van der Waals surface area contributed by atoms with Crippen LogP contribution in [-0.4, -0.2) is 37.5 Å². The number of nitrogens with zero attached hydrogens (tertiary/aromatic N) is 1. The lowest BCUT2D eigenvalue weighted by atomic mass is 10.2. The van der Waals surface area contributed by atoms with Crippen molar-refractivity contribution in [3.8, 4) is 0 Å². The van der Waals surface area contributed by atoms with Crippen molar-refractivity contribution < 1.29 is 31.1 Å². The van der Waals surface area contributed by atoms with Gasteiger partial charge >= 0.3 is 6.18 Å². The Morgan fingerprint density at radius 3 is 2.35 bits per heavy atom. The summed E-state index contributed by atoms with van der Waals surface area (Å²) in [6.07, 6.45) is -4.98. The molecule has 0 radical (unpaired) electrons. The third kappa shape index (κ3) is 3.47. The van der Waals surface area contributed by atoms with Gasteiger partial charge in [0.2, 0.25) is 10.0 Å². The maximum absolute atomic E-state index is 13.1. The fourth-order valence-electron chi connectivity index (χ4n) is 1.59. The van der Waals surface area contributed by atoms with E-state index >= 15 is 0 Å². The Morgan fingerprint density at radius 1 is 1.30 bits per heavy atom. The Morgan fingerprint density at radius 2 is 1.90 bits per heavy atom. The highest BCUT2D eigenvalue weighted by Crippen LogP contribution is 2.33. The number of hydrogen-bond donors (Lipinski definition) is 1. The summed E-state index contributed by atoms with van der Waals surface area (Å²) in [7, 11) is -4.21. The van der Waals surface area contributed by atoms with E-state index in [4.69, 9.17) is 5.11 Å². The van der Waals surface area contributed by atoms with Gasteiger partial charge in [0.1, 0.15) is 5.82 Å². The predicted molar refractivity (Wildman–Crippen MR) is 62.9 cm³/mol. The molecule has 1 N–H and O–H groups in total. The average molecular weight is 315 g/mol. The van der Waals surface area contributed by atoms with Crippen LogP contribution in [-0.2, 0) is 16.2 Å². The van der Waals surface area contributed by atoms with Gasteiger partial charge in [0.05, 0.1) is 17.1 Å². The number of aliphatic hydroxyl groups is 1. The van der Waals surface area contributed by atoms with Gasteiger partial charge in [-0.2, -0.15) is 17.5 Å². The largest absolute Gasteiger partial charge is 0.419 e. The highest BCUT2D eigenvalue weighted by molar-refractivity contribution is 7.89. The fraction of sp³-hybridized carbons (Fsp3) is 0.455. The molecule has 1 rings (SSSR count). The first kappa shape index (κ1) is 16.9. The van der Waals surface area contributed by atoms with E-state index in [1.54, 1.807) is 0 Å². The van der Waals surface area contributed by atoms with Crippen molar-refractivity contribution in [3.05, 3.63) is 29.6 Å². The van der Waals surface area contributed by atoms with E-state index < -0.39 is 39.1 Å². The zero-order valence-electron chi connectivity index (χ0n) is 10.5. The Hall–Kier alpha value is -1.19. The lowest BCUT2D eigenvalue weighted by Gasteiger charge is -2.20. The smallest absolute Gasteiger partial charge is 0.395 e. The summed E-state index contributed by atoms with van der Waals surface area (Å²) in [5.41, 5.74) is -1.64. The highest BCUT2D eigenvalue weighted by atomic mass is 32.2. The number of rotatable bonds is 5. The Kier molecular flexibility index (Phi) is 5.11. The van der Waals surface area contributed by atoms with Crippen LogP contribution in [0.15, 0.2) is 23.1 Å². The van der Waals surface area contributed by atoms with Crippen molar-refractivity contribution in [2.75, 3.05) is 19.7 Å². The SMILES string of the molecule is CCN(CCO)S(=O)(=O)c1ccc(F)c(C(F)(F)F)c1. The van der Waals surface area contributed by atoms with Crippen LogP contribution in [0.4, 0.5) is 17.6 Å². The molecule has 0 aliphatic carbocycles. The van der Waals surface area contributed by atoms with Gasteiger partial charge in [-0.1, -0.05) is 6.92 Å². The van der Waals surface area contributed by atoms with E-state index in [0.717, 1.165) is 10.4 Å². The molecule has 0 aliphatic rings. The molecular weight excluding hydrogens is 302 g/mol. The van der Waals surface area contributed by atoms with Crippen LogP contribution in [0, 0.1) is 5.82 Å². The standard InChI is InChI=1S/C11H13F4NO3S/c1-2-16(5-6-17)20(18,19)8-3-4-10(12)9(7-8)11(13,14)15/h3-4,7,17H,2,5-6H2,1H3. The zero-order chi connectivity index (χ0) is 15.6. The van der Waals surface area contributed by atoms with Crippen LogP contribution >= 0.6 is 0 Å². The summed E-state index contributed by atoms with van der Waals surface area (Å²) < 4.78 is 75.7. The quantitative estimate of drug-likeness (QED) is 0.844. The second-order valence-corrected chi connectivity index (χ2v) is 5.80. The number of likely N-dealkylation sites (N-methyl/N-ethyl adjacent to an activating group) is 1.